The first-order chi connectivity index (χ1) is 13.5. The van der Waals surface area contributed by atoms with Crippen molar-refractivity contribution < 1.29 is 17.9 Å². The molecule has 28 heavy (non-hydrogen) atoms. The number of anilines is 1. The highest BCUT2D eigenvalue weighted by molar-refractivity contribution is 7.92. The fourth-order valence-corrected chi connectivity index (χ4v) is 4.86. The zero-order chi connectivity index (χ0) is 20.0. The lowest BCUT2D eigenvalue weighted by Crippen LogP contribution is -2.44. The summed E-state index contributed by atoms with van der Waals surface area (Å²) in [6.07, 6.45) is 5.27. The third-order valence-electron chi connectivity index (χ3n) is 4.95. The summed E-state index contributed by atoms with van der Waals surface area (Å²) in [5.41, 5.74) is 0.456. The molecular formula is C21H26N2O4S. The molecule has 6 nitrogen and oxygen atoms in total. The zero-order valence-electron chi connectivity index (χ0n) is 16.0. The predicted molar refractivity (Wildman–Crippen MR) is 109 cm³/mol. The van der Waals surface area contributed by atoms with Crippen LogP contribution in [0.15, 0.2) is 59.5 Å². The minimum atomic E-state index is -3.90. The highest BCUT2D eigenvalue weighted by Gasteiger charge is 2.28. The van der Waals surface area contributed by atoms with Crippen molar-refractivity contribution in [3.05, 3.63) is 54.6 Å². The molecule has 1 amide bonds. The molecule has 1 aliphatic carbocycles. The minimum Gasteiger partial charge on any atom is -0.497 e. The van der Waals surface area contributed by atoms with Crippen LogP contribution in [-0.2, 0) is 14.8 Å². The van der Waals surface area contributed by atoms with Crippen LogP contribution < -0.4 is 14.4 Å². The number of rotatable bonds is 7. The number of nitrogens with zero attached hydrogens (tertiary/aromatic N) is 1. The Morgan fingerprint density at radius 2 is 1.68 bits per heavy atom. The van der Waals surface area contributed by atoms with E-state index in [9.17, 15) is 13.2 Å². The standard InChI is InChI=1S/C21H26N2O4S/c1-27-19-12-14-20(15-13-19)28(25,26)23(18-10-6-3-7-11-18)16-21(24)22-17-8-4-2-5-9-17/h3,6-7,10-15,17H,2,4-5,8-9,16H2,1H3,(H,22,24). The van der Waals surface area contributed by atoms with Crippen LogP contribution in [0.25, 0.3) is 0 Å². The molecule has 0 spiro atoms. The molecule has 2 aromatic rings. The number of hydrogen-bond acceptors (Lipinski definition) is 4. The Bertz CT molecular complexity index is 876. The normalized spacial score (nSPS) is 15.0. The quantitative estimate of drug-likeness (QED) is 0.771. The third kappa shape index (κ3) is 4.84. The second-order valence-corrected chi connectivity index (χ2v) is 8.79. The number of carbonyl (C=O) groups excluding carboxylic acids is 1. The third-order valence-corrected chi connectivity index (χ3v) is 6.74. The Morgan fingerprint density at radius 3 is 2.29 bits per heavy atom. The number of ether oxygens (including phenoxy) is 1. The average Bonchev–Trinajstić information content (AvgIpc) is 2.73. The van der Waals surface area contributed by atoms with Crippen LogP contribution in [0.1, 0.15) is 32.1 Å². The lowest BCUT2D eigenvalue weighted by molar-refractivity contribution is -0.120. The van der Waals surface area contributed by atoms with Gasteiger partial charge in [-0.2, -0.15) is 0 Å². The molecule has 0 aromatic heterocycles. The van der Waals surface area contributed by atoms with Gasteiger partial charge in [0.05, 0.1) is 17.7 Å². The summed E-state index contributed by atoms with van der Waals surface area (Å²) in [5, 5.41) is 3.00. The van der Waals surface area contributed by atoms with E-state index in [1.54, 1.807) is 36.4 Å². The van der Waals surface area contributed by atoms with Crippen LogP contribution in [0.4, 0.5) is 5.69 Å². The molecule has 1 fully saturated rings. The molecule has 0 radical (unpaired) electrons. The van der Waals surface area contributed by atoms with Crippen LogP contribution in [0.2, 0.25) is 0 Å². The van der Waals surface area contributed by atoms with Crippen molar-refractivity contribution in [2.45, 2.75) is 43.0 Å². The maximum atomic E-state index is 13.3. The van der Waals surface area contributed by atoms with Gasteiger partial charge in [0.25, 0.3) is 10.0 Å². The number of para-hydroxylation sites is 1. The van der Waals surface area contributed by atoms with Crippen molar-refractivity contribution in [2.24, 2.45) is 0 Å². The summed E-state index contributed by atoms with van der Waals surface area (Å²) < 4.78 is 32.8. The molecule has 0 saturated heterocycles. The van der Waals surface area contributed by atoms with Gasteiger partial charge in [0.15, 0.2) is 0 Å². The van der Waals surface area contributed by atoms with Crippen LogP contribution in [0.3, 0.4) is 0 Å². The van der Waals surface area contributed by atoms with E-state index in [-0.39, 0.29) is 23.4 Å². The van der Waals surface area contributed by atoms with E-state index in [1.807, 2.05) is 6.07 Å². The smallest absolute Gasteiger partial charge is 0.264 e. The average molecular weight is 403 g/mol. The van der Waals surface area contributed by atoms with E-state index in [2.05, 4.69) is 5.32 Å². The predicted octanol–water partition coefficient (Wildman–Crippen LogP) is 3.34. The summed E-state index contributed by atoms with van der Waals surface area (Å²) >= 11 is 0. The molecule has 0 bridgehead atoms. The topological polar surface area (TPSA) is 75.7 Å². The van der Waals surface area contributed by atoms with Gasteiger partial charge in [0, 0.05) is 6.04 Å². The number of nitrogens with one attached hydrogen (secondary N) is 1. The maximum absolute atomic E-state index is 13.3. The summed E-state index contributed by atoms with van der Waals surface area (Å²) in [5.74, 6) is 0.285. The molecule has 0 unspecified atom stereocenters. The molecule has 2 aromatic carbocycles. The number of benzene rings is 2. The van der Waals surface area contributed by atoms with E-state index in [1.165, 1.54) is 25.7 Å². The molecule has 0 aliphatic heterocycles. The van der Waals surface area contributed by atoms with Crippen LogP contribution in [-0.4, -0.2) is 34.0 Å². The number of methoxy groups -OCH3 is 1. The van der Waals surface area contributed by atoms with Gasteiger partial charge in [0.2, 0.25) is 5.91 Å². The maximum Gasteiger partial charge on any atom is 0.264 e. The SMILES string of the molecule is COc1ccc(S(=O)(=O)N(CC(=O)NC2CCCCC2)c2ccccc2)cc1. The van der Waals surface area contributed by atoms with Crippen molar-refractivity contribution >= 4 is 21.6 Å². The summed E-state index contributed by atoms with van der Waals surface area (Å²) in [7, 11) is -2.37. The molecule has 1 N–H and O–H groups in total. The monoisotopic (exact) mass is 402 g/mol. The number of sulfonamides is 1. The van der Waals surface area contributed by atoms with Gasteiger partial charge in [-0.1, -0.05) is 37.5 Å². The Labute approximate surface area is 166 Å². The Kier molecular flexibility index (Phi) is 6.57. The molecule has 1 saturated carbocycles. The lowest BCUT2D eigenvalue weighted by Gasteiger charge is -2.27. The van der Waals surface area contributed by atoms with Gasteiger partial charge in [-0.05, 0) is 49.2 Å². The van der Waals surface area contributed by atoms with E-state index in [0.717, 1.165) is 30.0 Å². The van der Waals surface area contributed by atoms with Crippen molar-refractivity contribution in [3.63, 3.8) is 0 Å². The molecule has 1 aliphatic rings. The van der Waals surface area contributed by atoms with E-state index in [0.29, 0.717) is 11.4 Å². The fourth-order valence-electron chi connectivity index (χ4n) is 3.43. The summed E-state index contributed by atoms with van der Waals surface area (Å²) in [6.45, 7) is -0.255. The minimum absolute atomic E-state index is 0.114. The lowest BCUT2D eigenvalue weighted by atomic mass is 9.95. The van der Waals surface area contributed by atoms with E-state index < -0.39 is 10.0 Å². The zero-order valence-corrected chi connectivity index (χ0v) is 16.8. The highest BCUT2D eigenvalue weighted by atomic mass is 32.2. The van der Waals surface area contributed by atoms with Gasteiger partial charge in [-0.25, -0.2) is 8.42 Å². The molecule has 7 heteroatoms. The van der Waals surface area contributed by atoms with Crippen LogP contribution >= 0.6 is 0 Å². The number of hydrogen-bond donors (Lipinski definition) is 1. The van der Waals surface area contributed by atoms with Crippen molar-refractivity contribution in [1.29, 1.82) is 0 Å². The van der Waals surface area contributed by atoms with Crippen LogP contribution in [0.5, 0.6) is 5.75 Å². The molecule has 3 rings (SSSR count). The van der Waals surface area contributed by atoms with Gasteiger partial charge in [0.1, 0.15) is 12.3 Å². The molecule has 0 atom stereocenters. The van der Waals surface area contributed by atoms with Gasteiger partial charge >= 0.3 is 0 Å². The second kappa shape index (κ2) is 9.10. The molecule has 150 valence electrons. The van der Waals surface area contributed by atoms with Crippen LogP contribution in [0, 0.1) is 0 Å². The first kappa shape index (κ1) is 20.2. The largest absolute Gasteiger partial charge is 0.497 e. The van der Waals surface area contributed by atoms with Gasteiger partial charge in [-0.15, -0.1) is 0 Å². The summed E-state index contributed by atoms with van der Waals surface area (Å²) in [6, 6.07) is 15.0. The Balaban J connectivity index is 1.84. The number of carbonyl (C=O) groups is 1. The first-order valence-corrected chi connectivity index (χ1v) is 11.0. The fraction of sp³-hybridized carbons (Fsp3) is 0.381. The Hall–Kier alpha value is -2.54. The van der Waals surface area contributed by atoms with Crippen molar-refractivity contribution in [1.82, 2.24) is 5.32 Å². The van der Waals surface area contributed by atoms with E-state index >= 15 is 0 Å². The number of amides is 1. The first-order valence-electron chi connectivity index (χ1n) is 9.52. The molecular weight excluding hydrogens is 376 g/mol. The molecule has 0 heterocycles. The van der Waals surface area contributed by atoms with E-state index in [4.69, 9.17) is 4.74 Å². The summed E-state index contributed by atoms with van der Waals surface area (Å²) in [4.78, 5) is 12.7. The highest BCUT2D eigenvalue weighted by Crippen LogP contribution is 2.25. The Morgan fingerprint density at radius 1 is 1.04 bits per heavy atom. The second-order valence-electron chi connectivity index (χ2n) is 6.93. The van der Waals surface area contributed by atoms with Crippen molar-refractivity contribution in [3.8, 4) is 5.75 Å². The van der Waals surface area contributed by atoms with Gasteiger partial charge in [-0.3, -0.25) is 9.10 Å². The van der Waals surface area contributed by atoms with Gasteiger partial charge < -0.3 is 10.1 Å². The van der Waals surface area contributed by atoms with Crippen molar-refractivity contribution in [2.75, 3.05) is 18.0 Å².